The Morgan fingerprint density at radius 3 is 2.74 bits per heavy atom. The van der Waals surface area contributed by atoms with E-state index in [-0.39, 0.29) is 19.4 Å². The Morgan fingerprint density at radius 1 is 1.32 bits per heavy atom. The molecule has 1 atom stereocenters. The van der Waals surface area contributed by atoms with E-state index >= 15 is 0 Å². The smallest absolute Gasteiger partial charge is 0.408 e. The first-order valence-corrected chi connectivity index (χ1v) is 5.87. The van der Waals surface area contributed by atoms with Crippen molar-refractivity contribution < 1.29 is 23.9 Å². The Hall–Kier alpha value is -2.37. The van der Waals surface area contributed by atoms with Crippen LogP contribution in [0.4, 0.5) is 4.79 Å². The summed E-state index contributed by atoms with van der Waals surface area (Å²) in [6.07, 6.45) is -0.367. The maximum absolute atomic E-state index is 11.5. The largest absolute Gasteiger partial charge is 0.445 e. The summed E-state index contributed by atoms with van der Waals surface area (Å²) in [5.74, 6) is -1.31. The summed E-state index contributed by atoms with van der Waals surface area (Å²) < 4.78 is 9.38. The molecule has 0 aromatic heterocycles. The van der Waals surface area contributed by atoms with E-state index in [9.17, 15) is 14.4 Å². The summed E-state index contributed by atoms with van der Waals surface area (Å²) in [6, 6.07) is 8.35. The lowest BCUT2D eigenvalue weighted by Crippen LogP contribution is -2.45. The van der Waals surface area contributed by atoms with Crippen molar-refractivity contribution in [3.63, 3.8) is 0 Å². The van der Waals surface area contributed by atoms with E-state index in [1.807, 2.05) is 30.3 Å². The van der Waals surface area contributed by atoms with Gasteiger partial charge in [0.25, 0.3) is 0 Å². The van der Waals surface area contributed by atoms with Crippen molar-refractivity contribution in [2.45, 2.75) is 25.5 Å². The third-order valence-corrected chi connectivity index (χ3v) is 2.64. The van der Waals surface area contributed by atoms with Crippen molar-refractivity contribution in [3.05, 3.63) is 35.9 Å². The molecule has 1 saturated heterocycles. The third kappa shape index (κ3) is 3.80. The van der Waals surface area contributed by atoms with E-state index in [1.54, 1.807) is 0 Å². The molecule has 0 spiro atoms. The van der Waals surface area contributed by atoms with E-state index in [1.165, 1.54) is 0 Å². The average Bonchev–Trinajstić information content (AvgIpc) is 2.41. The van der Waals surface area contributed by atoms with Crippen LogP contribution in [0.2, 0.25) is 0 Å². The van der Waals surface area contributed by atoms with E-state index in [0.717, 1.165) is 5.56 Å². The SMILES string of the molecule is O=C1CC[C@@H](NC(=O)OCc2ccccc2)C(=O)O1. The summed E-state index contributed by atoms with van der Waals surface area (Å²) in [5, 5.41) is 2.37. The standard InChI is InChI=1S/C13H13NO5/c15-11-7-6-10(12(16)19-11)14-13(17)18-8-9-4-2-1-3-5-9/h1-5,10H,6-8H2,(H,14,17)/t10-/m1/s1. The van der Waals surface area contributed by atoms with Gasteiger partial charge < -0.3 is 14.8 Å². The fourth-order valence-electron chi connectivity index (χ4n) is 1.65. The highest BCUT2D eigenvalue weighted by Gasteiger charge is 2.30. The number of esters is 2. The number of carbonyl (C=O) groups is 3. The lowest BCUT2D eigenvalue weighted by atomic mass is 10.1. The number of amides is 1. The van der Waals surface area contributed by atoms with Crippen molar-refractivity contribution in [1.29, 1.82) is 0 Å². The van der Waals surface area contributed by atoms with Gasteiger partial charge in [-0.1, -0.05) is 30.3 Å². The molecule has 100 valence electrons. The van der Waals surface area contributed by atoms with Crippen LogP contribution in [0.1, 0.15) is 18.4 Å². The van der Waals surface area contributed by atoms with E-state index < -0.39 is 24.1 Å². The van der Waals surface area contributed by atoms with E-state index in [0.29, 0.717) is 0 Å². The Kier molecular flexibility index (Phi) is 4.12. The van der Waals surface area contributed by atoms with Crippen molar-refractivity contribution in [1.82, 2.24) is 5.32 Å². The first-order chi connectivity index (χ1) is 9.15. The highest BCUT2D eigenvalue weighted by molar-refractivity contribution is 5.92. The Balaban J connectivity index is 1.78. The molecule has 6 nitrogen and oxygen atoms in total. The van der Waals surface area contributed by atoms with E-state index in [4.69, 9.17) is 4.74 Å². The molecule has 1 N–H and O–H groups in total. The minimum atomic E-state index is -0.819. The van der Waals surface area contributed by atoms with Crippen molar-refractivity contribution in [2.24, 2.45) is 0 Å². The van der Waals surface area contributed by atoms with Gasteiger partial charge in [0.15, 0.2) is 0 Å². The summed E-state index contributed by atoms with van der Waals surface area (Å²) in [4.78, 5) is 33.6. The maximum atomic E-state index is 11.5. The number of hydrogen-bond acceptors (Lipinski definition) is 5. The molecule has 1 aliphatic heterocycles. The van der Waals surface area contributed by atoms with Gasteiger partial charge in [-0.2, -0.15) is 0 Å². The van der Waals surface area contributed by atoms with Crippen LogP contribution in [0.5, 0.6) is 0 Å². The lowest BCUT2D eigenvalue weighted by Gasteiger charge is -2.20. The predicted molar refractivity (Wildman–Crippen MR) is 63.9 cm³/mol. The maximum Gasteiger partial charge on any atom is 0.408 e. The molecule has 1 aliphatic rings. The molecule has 1 heterocycles. The molecule has 19 heavy (non-hydrogen) atoms. The third-order valence-electron chi connectivity index (χ3n) is 2.64. The zero-order valence-corrected chi connectivity index (χ0v) is 10.1. The molecule has 0 unspecified atom stereocenters. The van der Waals surface area contributed by atoms with Gasteiger partial charge in [-0.25, -0.2) is 9.59 Å². The van der Waals surface area contributed by atoms with Crippen LogP contribution in [0.3, 0.4) is 0 Å². The zero-order valence-electron chi connectivity index (χ0n) is 10.1. The number of ether oxygens (including phenoxy) is 2. The van der Waals surface area contributed by atoms with Gasteiger partial charge >= 0.3 is 18.0 Å². The molecule has 0 bridgehead atoms. The van der Waals surface area contributed by atoms with Crippen LogP contribution in [-0.4, -0.2) is 24.1 Å². The van der Waals surface area contributed by atoms with Crippen LogP contribution in [0.15, 0.2) is 30.3 Å². The molecule has 0 radical (unpaired) electrons. The molecule has 1 fully saturated rings. The fraction of sp³-hybridized carbons (Fsp3) is 0.308. The summed E-state index contributed by atoms with van der Waals surface area (Å²) in [5.41, 5.74) is 0.846. The Bertz CT molecular complexity index is 485. The lowest BCUT2D eigenvalue weighted by molar-refractivity contribution is -0.165. The molecule has 0 saturated carbocycles. The normalized spacial score (nSPS) is 18.6. The van der Waals surface area contributed by atoms with Crippen LogP contribution >= 0.6 is 0 Å². The molecule has 2 rings (SSSR count). The van der Waals surface area contributed by atoms with Crippen molar-refractivity contribution >= 4 is 18.0 Å². The van der Waals surface area contributed by atoms with Crippen molar-refractivity contribution in [3.8, 4) is 0 Å². The van der Waals surface area contributed by atoms with E-state index in [2.05, 4.69) is 10.1 Å². The van der Waals surface area contributed by atoms with Crippen LogP contribution in [-0.2, 0) is 25.7 Å². The van der Waals surface area contributed by atoms with Crippen LogP contribution in [0.25, 0.3) is 0 Å². The summed E-state index contributed by atoms with van der Waals surface area (Å²) >= 11 is 0. The fourth-order valence-corrected chi connectivity index (χ4v) is 1.65. The second-order valence-corrected chi connectivity index (χ2v) is 4.09. The number of rotatable bonds is 3. The molecular formula is C13H13NO5. The highest BCUT2D eigenvalue weighted by Crippen LogP contribution is 2.09. The minimum absolute atomic E-state index is 0.107. The number of carbonyl (C=O) groups excluding carboxylic acids is 3. The zero-order chi connectivity index (χ0) is 13.7. The highest BCUT2D eigenvalue weighted by atomic mass is 16.6. The van der Waals surface area contributed by atoms with Gasteiger partial charge in [0.2, 0.25) is 0 Å². The molecule has 1 aromatic rings. The van der Waals surface area contributed by atoms with Gasteiger partial charge in [0.05, 0.1) is 0 Å². The molecular weight excluding hydrogens is 250 g/mol. The van der Waals surface area contributed by atoms with Gasteiger partial charge in [0, 0.05) is 6.42 Å². The number of alkyl carbamates (subject to hydrolysis) is 1. The first kappa shape index (κ1) is 13.1. The number of cyclic esters (lactones) is 2. The van der Waals surface area contributed by atoms with Gasteiger partial charge in [-0.05, 0) is 12.0 Å². The van der Waals surface area contributed by atoms with Crippen molar-refractivity contribution in [2.75, 3.05) is 0 Å². The van der Waals surface area contributed by atoms with Crippen LogP contribution in [0, 0.1) is 0 Å². The quantitative estimate of drug-likeness (QED) is 0.653. The number of nitrogens with one attached hydrogen (secondary N) is 1. The Morgan fingerprint density at radius 2 is 2.05 bits per heavy atom. The van der Waals surface area contributed by atoms with Crippen LogP contribution < -0.4 is 5.32 Å². The second-order valence-electron chi connectivity index (χ2n) is 4.09. The number of hydrogen-bond donors (Lipinski definition) is 1. The Labute approximate surface area is 109 Å². The van der Waals surface area contributed by atoms with Gasteiger partial charge in [-0.15, -0.1) is 0 Å². The molecule has 0 aliphatic carbocycles. The summed E-state index contributed by atoms with van der Waals surface area (Å²) in [6.45, 7) is 0.118. The molecule has 6 heteroatoms. The molecule has 1 amide bonds. The summed E-state index contributed by atoms with van der Waals surface area (Å²) in [7, 11) is 0. The predicted octanol–water partition coefficient (Wildman–Crippen LogP) is 1.15. The molecule has 1 aromatic carbocycles. The average molecular weight is 263 g/mol. The first-order valence-electron chi connectivity index (χ1n) is 5.87. The number of benzene rings is 1. The second kappa shape index (κ2) is 5.99. The van der Waals surface area contributed by atoms with Gasteiger partial charge in [-0.3, -0.25) is 4.79 Å². The van der Waals surface area contributed by atoms with Gasteiger partial charge in [0.1, 0.15) is 12.6 Å². The monoisotopic (exact) mass is 263 g/mol. The minimum Gasteiger partial charge on any atom is -0.445 e. The topological polar surface area (TPSA) is 81.7 Å².